The molecule has 1 saturated carbocycles. The van der Waals surface area contributed by atoms with Gasteiger partial charge in [-0.05, 0) is 40.0 Å². The number of aryl methyl sites for hydroxylation is 1. The average Bonchev–Trinajstić information content (AvgIpc) is 3.03. The summed E-state index contributed by atoms with van der Waals surface area (Å²) in [6.07, 6.45) is -2.92. The number of hydrogen-bond donors (Lipinski definition) is 2. The highest BCUT2D eigenvalue weighted by molar-refractivity contribution is 5.84. The third-order valence-electron chi connectivity index (χ3n) is 4.72. The first-order valence-electron chi connectivity index (χ1n) is 8.13. The number of carboxylic acids is 1. The van der Waals surface area contributed by atoms with Crippen LogP contribution in [0.5, 0.6) is 0 Å². The maximum Gasteiger partial charge on any atom is 0.408 e. The van der Waals surface area contributed by atoms with Crippen molar-refractivity contribution >= 4 is 11.9 Å². The lowest BCUT2D eigenvalue weighted by Crippen LogP contribution is -2.36. The molecule has 0 aromatic carbocycles. The maximum absolute atomic E-state index is 12.6. The predicted octanol–water partition coefficient (Wildman–Crippen LogP) is 2.54. The number of carbonyl (C=O) groups is 2. The Labute approximate surface area is 143 Å². The molecule has 9 heteroatoms. The van der Waals surface area contributed by atoms with Crippen LogP contribution in [-0.4, -0.2) is 39.0 Å². The molecule has 0 spiro atoms. The van der Waals surface area contributed by atoms with Crippen LogP contribution in [0.15, 0.2) is 0 Å². The Balaban J connectivity index is 2.08. The molecule has 1 aliphatic carbocycles. The van der Waals surface area contributed by atoms with Crippen LogP contribution in [-0.2, 0) is 16.1 Å². The molecular formula is C16H22F3N3O3. The fourth-order valence-corrected chi connectivity index (χ4v) is 3.46. The summed E-state index contributed by atoms with van der Waals surface area (Å²) in [5, 5.41) is 15.7. The van der Waals surface area contributed by atoms with Crippen molar-refractivity contribution in [1.82, 2.24) is 15.1 Å². The highest BCUT2D eigenvalue weighted by atomic mass is 19.4. The quantitative estimate of drug-likeness (QED) is 0.844. The number of rotatable bonds is 5. The van der Waals surface area contributed by atoms with Crippen molar-refractivity contribution in [3.8, 4) is 0 Å². The van der Waals surface area contributed by atoms with E-state index in [1.807, 2.05) is 0 Å². The smallest absolute Gasteiger partial charge is 0.408 e. The number of aliphatic carboxylic acids is 1. The largest absolute Gasteiger partial charge is 0.481 e. The van der Waals surface area contributed by atoms with E-state index < -0.39 is 30.5 Å². The first-order valence-corrected chi connectivity index (χ1v) is 8.13. The SMILES string of the molecule is Cc1nn(CC(F)(F)F)c(C)c1C(C)C(=O)N[C@@H]1CC[C@H](C(=O)O)C1. The summed E-state index contributed by atoms with van der Waals surface area (Å²) in [5.74, 6) is -2.32. The van der Waals surface area contributed by atoms with Gasteiger partial charge in [-0.1, -0.05) is 0 Å². The molecule has 1 aliphatic rings. The number of aromatic nitrogens is 2. The van der Waals surface area contributed by atoms with Gasteiger partial charge in [0.25, 0.3) is 0 Å². The fourth-order valence-electron chi connectivity index (χ4n) is 3.46. The lowest BCUT2D eigenvalue weighted by molar-refractivity contribution is -0.143. The van der Waals surface area contributed by atoms with Gasteiger partial charge in [-0.15, -0.1) is 0 Å². The van der Waals surface area contributed by atoms with Crippen LogP contribution in [0.1, 0.15) is 49.1 Å². The molecule has 1 unspecified atom stereocenters. The van der Waals surface area contributed by atoms with Crippen molar-refractivity contribution in [2.24, 2.45) is 5.92 Å². The molecule has 1 heterocycles. The van der Waals surface area contributed by atoms with Crippen molar-refractivity contribution in [1.29, 1.82) is 0 Å². The lowest BCUT2D eigenvalue weighted by Gasteiger charge is -2.17. The number of amides is 1. The molecule has 2 N–H and O–H groups in total. The van der Waals surface area contributed by atoms with E-state index in [0.717, 1.165) is 4.68 Å². The molecule has 6 nitrogen and oxygen atoms in total. The molecular weight excluding hydrogens is 339 g/mol. The molecule has 0 aliphatic heterocycles. The molecule has 25 heavy (non-hydrogen) atoms. The van der Waals surface area contributed by atoms with E-state index in [9.17, 15) is 22.8 Å². The minimum atomic E-state index is -4.39. The van der Waals surface area contributed by atoms with E-state index in [1.165, 1.54) is 6.92 Å². The van der Waals surface area contributed by atoms with Gasteiger partial charge in [0.2, 0.25) is 5.91 Å². The Morgan fingerprint density at radius 3 is 2.52 bits per heavy atom. The van der Waals surface area contributed by atoms with E-state index in [0.29, 0.717) is 36.2 Å². The molecule has 0 saturated heterocycles. The molecule has 1 fully saturated rings. The van der Waals surface area contributed by atoms with Gasteiger partial charge in [-0.2, -0.15) is 18.3 Å². The van der Waals surface area contributed by atoms with Gasteiger partial charge in [-0.25, -0.2) is 0 Å². The normalized spacial score (nSPS) is 22.0. The summed E-state index contributed by atoms with van der Waals surface area (Å²) in [4.78, 5) is 23.4. The number of halogens is 3. The summed E-state index contributed by atoms with van der Waals surface area (Å²) in [6.45, 7) is 3.51. The Bertz CT molecular complexity index is 670. The van der Waals surface area contributed by atoms with Crippen LogP contribution in [0.25, 0.3) is 0 Å². The van der Waals surface area contributed by atoms with Crippen molar-refractivity contribution in [3.05, 3.63) is 17.0 Å². The summed E-state index contributed by atoms with van der Waals surface area (Å²) in [6, 6.07) is -0.220. The third-order valence-corrected chi connectivity index (χ3v) is 4.72. The number of carbonyl (C=O) groups excluding carboxylic acids is 1. The number of nitrogens with zero attached hydrogens (tertiary/aromatic N) is 2. The second-order valence-corrected chi connectivity index (χ2v) is 6.63. The number of nitrogens with one attached hydrogen (secondary N) is 1. The number of alkyl halides is 3. The van der Waals surface area contributed by atoms with Gasteiger partial charge in [0.05, 0.1) is 17.5 Å². The van der Waals surface area contributed by atoms with Crippen LogP contribution in [0.4, 0.5) is 13.2 Å². The van der Waals surface area contributed by atoms with E-state index in [2.05, 4.69) is 10.4 Å². The standard InChI is InChI=1S/C16H22F3N3O3/c1-8(14(23)20-12-5-4-11(6-12)15(24)25)13-9(2)21-22(10(13)3)7-16(17,18)19/h8,11-12H,4-7H2,1-3H3,(H,20,23)(H,24,25)/t8?,11-,12+/m0/s1. The minimum Gasteiger partial charge on any atom is -0.481 e. The first-order chi connectivity index (χ1) is 11.5. The van der Waals surface area contributed by atoms with Crippen molar-refractivity contribution in [3.63, 3.8) is 0 Å². The Hall–Kier alpha value is -2.06. The second kappa shape index (κ2) is 7.05. The molecule has 140 valence electrons. The lowest BCUT2D eigenvalue weighted by atomic mass is 9.97. The Kier molecular flexibility index (Phi) is 5.43. The molecule has 0 radical (unpaired) electrons. The Morgan fingerprint density at radius 1 is 1.36 bits per heavy atom. The maximum atomic E-state index is 12.6. The molecule has 1 amide bonds. The summed E-state index contributed by atoms with van der Waals surface area (Å²) in [7, 11) is 0. The topological polar surface area (TPSA) is 84.2 Å². The summed E-state index contributed by atoms with van der Waals surface area (Å²) < 4.78 is 38.7. The molecule has 2 rings (SSSR count). The third kappa shape index (κ3) is 4.52. The van der Waals surface area contributed by atoms with Crippen LogP contribution < -0.4 is 5.32 Å². The van der Waals surface area contributed by atoms with E-state index in [-0.39, 0.29) is 11.9 Å². The van der Waals surface area contributed by atoms with Crippen LogP contribution in [0, 0.1) is 19.8 Å². The molecule has 1 aromatic rings. The van der Waals surface area contributed by atoms with Crippen molar-refractivity contribution in [2.75, 3.05) is 0 Å². The van der Waals surface area contributed by atoms with E-state index >= 15 is 0 Å². The van der Waals surface area contributed by atoms with E-state index in [1.54, 1.807) is 13.8 Å². The number of carboxylic acid groups (broad SMARTS) is 1. The highest BCUT2D eigenvalue weighted by Crippen LogP contribution is 2.29. The number of hydrogen-bond acceptors (Lipinski definition) is 3. The minimum absolute atomic E-state index is 0.220. The molecule has 0 bridgehead atoms. The zero-order chi connectivity index (χ0) is 18.9. The zero-order valence-electron chi connectivity index (χ0n) is 14.4. The van der Waals surface area contributed by atoms with Gasteiger partial charge in [-0.3, -0.25) is 14.3 Å². The van der Waals surface area contributed by atoms with Crippen LogP contribution in [0.2, 0.25) is 0 Å². The van der Waals surface area contributed by atoms with Gasteiger partial charge >= 0.3 is 12.1 Å². The highest BCUT2D eigenvalue weighted by Gasteiger charge is 2.34. The summed E-state index contributed by atoms with van der Waals surface area (Å²) >= 11 is 0. The monoisotopic (exact) mass is 361 g/mol. The summed E-state index contributed by atoms with van der Waals surface area (Å²) in [5.41, 5.74) is 1.18. The van der Waals surface area contributed by atoms with Gasteiger partial charge in [0, 0.05) is 17.3 Å². The van der Waals surface area contributed by atoms with Gasteiger partial charge < -0.3 is 10.4 Å². The molecule has 1 aromatic heterocycles. The zero-order valence-corrected chi connectivity index (χ0v) is 14.4. The molecule has 3 atom stereocenters. The van der Waals surface area contributed by atoms with Crippen LogP contribution in [0.3, 0.4) is 0 Å². The van der Waals surface area contributed by atoms with Crippen molar-refractivity contribution in [2.45, 2.75) is 64.7 Å². The van der Waals surface area contributed by atoms with Crippen molar-refractivity contribution < 1.29 is 27.9 Å². The van der Waals surface area contributed by atoms with Gasteiger partial charge in [0.15, 0.2) is 0 Å². The Morgan fingerprint density at radius 2 is 2.00 bits per heavy atom. The second-order valence-electron chi connectivity index (χ2n) is 6.63. The average molecular weight is 361 g/mol. The fraction of sp³-hybridized carbons (Fsp3) is 0.688. The first kappa shape index (κ1) is 19.3. The van der Waals surface area contributed by atoms with Crippen LogP contribution >= 0.6 is 0 Å². The van der Waals surface area contributed by atoms with E-state index in [4.69, 9.17) is 5.11 Å². The predicted molar refractivity (Wildman–Crippen MR) is 83.1 cm³/mol. The van der Waals surface area contributed by atoms with Gasteiger partial charge in [0.1, 0.15) is 6.54 Å².